The summed E-state index contributed by atoms with van der Waals surface area (Å²) in [5.41, 5.74) is 1.16. The van der Waals surface area contributed by atoms with Crippen LogP contribution in [0.2, 0.25) is 5.02 Å². The van der Waals surface area contributed by atoms with Gasteiger partial charge in [-0.25, -0.2) is 0 Å². The second kappa shape index (κ2) is 7.87. The average molecular weight is 298 g/mol. The molecular formula is C16H24ClNO2. The second-order valence-electron chi connectivity index (χ2n) is 5.29. The van der Waals surface area contributed by atoms with Crippen LogP contribution in [0.5, 0.6) is 5.75 Å². The highest BCUT2D eigenvalue weighted by atomic mass is 35.5. The van der Waals surface area contributed by atoms with Gasteiger partial charge in [0, 0.05) is 29.8 Å². The first-order chi connectivity index (χ1) is 9.74. The molecule has 1 aliphatic heterocycles. The smallest absolute Gasteiger partial charge is 0.123 e. The van der Waals surface area contributed by atoms with Gasteiger partial charge >= 0.3 is 0 Å². The van der Waals surface area contributed by atoms with E-state index in [1.54, 1.807) is 7.11 Å². The molecule has 4 heteroatoms. The molecule has 0 radical (unpaired) electrons. The van der Waals surface area contributed by atoms with E-state index in [0.29, 0.717) is 5.92 Å². The van der Waals surface area contributed by atoms with Crippen molar-refractivity contribution in [3.63, 3.8) is 0 Å². The van der Waals surface area contributed by atoms with E-state index in [9.17, 15) is 0 Å². The van der Waals surface area contributed by atoms with Crippen molar-refractivity contribution in [1.29, 1.82) is 0 Å². The van der Waals surface area contributed by atoms with Gasteiger partial charge in [0.2, 0.25) is 0 Å². The number of halogens is 1. The molecule has 20 heavy (non-hydrogen) atoms. The number of ether oxygens (including phenoxy) is 2. The van der Waals surface area contributed by atoms with Crippen molar-refractivity contribution in [1.82, 2.24) is 5.32 Å². The zero-order valence-electron chi connectivity index (χ0n) is 12.3. The van der Waals surface area contributed by atoms with Gasteiger partial charge in [-0.3, -0.25) is 0 Å². The maximum Gasteiger partial charge on any atom is 0.123 e. The minimum absolute atomic E-state index is 0.289. The van der Waals surface area contributed by atoms with Gasteiger partial charge in [0.05, 0.1) is 7.11 Å². The van der Waals surface area contributed by atoms with Gasteiger partial charge in [0.15, 0.2) is 0 Å². The summed E-state index contributed by atoms with van der Waals surface area (Å²) in [5.74, 6) is 1.61. The molecular weight excluding hydrogens is 274 g/mol. The Morgan fingerprint density at radius 2 is 2.15 bits per heavy atom. The van der Waals surface area contributed by atoms with E-state index in [1.165, 1.54) is 0 Å². The van der Waals surface area contributed by atoms with Crippen LogP contribution in [0, 0.1) is 5.92 Å². The minimum Gasteiger partial charge on any atom is -0.496 e. The van der Waals surface area contributed by atoms with Crippen LogP contribution in [0.15, 0.2) is 18.2 Å². The SMILES string of the molecule is CCNC(CC1CCOCC1)c1cc(Cl)ccc1OC. The van der Waals surface area contributed by atoms with E-state index < -0.39 is 0 Å². The number of rotatable bonds is 6. The Morgan fingerprint density at radius 3 is 2.80 bits per heavy atom. The van der Waals surface area contributed by atoms with Crippen molar-refractivity contribution in [2.24, 2.45) is 5.92 Å². The second-order valence-corrected chi connectivity index (χ2v) is 5.72. The lowest BCUT2D eigenvalue weighted by molar-refractivity contribution is 0.0605. The molecule has 1 saturated heterocycles. The van der Waals surface area contributed by atoms with E-state index in [2.05, 4.69) is 12.2 Å². The first-order valence-corrected chi connectivity index (χ1v) is 7.77. The van der Waals surface area contributed by atoms with Crippen LogP contribution in [0.4, 0.5) is 0 Å². The van der Waals surface area contributed by atoms with Gasteiger partial charge in [-0.15, -0.1) is 0 Å². The topological polar surface area (TPSA) is 30.5 Å². The maximum absolute atomic E-state index is 6.16. The Morgan fingerprint density at radius 1 is 1.40 bits per heavy atom. The minimum atomic E-state index is 0.289. The zero-order chi connectivity index (χ0) is 14.4. The Hall–Kier alpha value is -0.770. The molecule has 1 aliphatic rings. The van der Waals surface area contributed by atoms with Crippen molar-refractivity contribution in [2.75, 3.05) is 26.9 Å². The molecule has 2 rings (SSSR count). The highest BCUT2D eigenvalue weighted by molar-refractivity contribution is 6.30. The van der Waals surface area contributed by atoms with E-state index >= 15 is 0 Å². The number of hydrogen-bond donors (Lipinski definition) is 1. The van der Waals surface area contributed by atoms with Crippen molar-refractivity contribution in [3.8, 4) is 5.75 Å². The van der Waals surface area contributed by atoms with Crippen LogP contribution in [0.3, 0.4) is 0 Å². The normalized spacial score (nSPS) is 17.9. The molecule has 1 aromatic carbocycles. The summed E-state index contributed by atoms with van der Waals surface area (Å²) in [6, 6.07) is 6.14. The standard InChI is InChI=1S/C16H24ClNO2/c1-3-18-15(10-12-6-8-20-9-7-12)14-11-13(17)4-5-16(14)19-2/h4-5,11-12,15,18H,3,6-10H2,1-2H3. The van der Waals surface area contributed by atoms with E-state index in [4.69, 9.17) is 21.1 Å². The lowest BCUT2D eigenvalue weighted by atomic mass is 9.89. The van der Waals surface area contributed by atoms with Gasteiger partial charge in [0.1, 0.15) is 5.75 Å². The molecule has 1 aromatic rings. The Labute approximate surface area is 126 Å². The molecule has 1 fully saturated rings. The van der Waals surface area contributed by atoms with Crippen LogP contribution in [-0.2, 0) is 4.74 Å². The van der Waals surface area contributed by atoms with Crippen molar-refractivity contribution < 1.29 is 9.47 Å². The predicted molar refractivity (Wildman–Crippen MR) is 82.6 cm³/mol. The summed E-state index contributed by atoms with van der Waals surface area (Å²) in [4.78, 5) is 0. The summed E-state index contributed by atoms with van der Waals surface area (Å²) in [6.07, 6.45) is 3.39. The molecule has 1 N–H and O–H groups in total. The fraction of sp³-hybridized carbons (Fsp3) is 0.625. The molecule has 112 valence electrons. The summed E-state index contributed by atoms with van der Waals surface area (Å²) < 4.78 is 10.9. The fourth-order valence-corrected chi connectivity index (χ4v) is 3.04. The van der Waals surface area contributed by atoms with E-state index in [0.717, 1.165) is 55.4 Å². The zero-order valence-corrected chi connectivity index (χ0v) is 13.1. The van der Waals surface area contributed by atoms with Crippen LogP contribution < -0.4 is 10.1 Å². The monoisotopic (exact) mass is 297 g/mol. The Bertz CT molecular complexity index is 419. The molecule has 3 nitrogen and oxygen atoms in total. The fourth-order valence-electron chi connectivity index (χ4n) is 2.86. The number of nitrogens with one attached hydrogen (secondary N) is 1. The number of methoxy groups -OCH3 is 1. The Kier molecular flexibility index (Phi) is 6.14. The molecule has 0 amide bonds. The first kappa shape index (κ1) is 15.6. The van der Waals surface area contributed by atoms with Crippen molar-refractivity contribution in [3.05, 3.63) is 28.8 Å². The van der Waals surface area contributed by atoms with Gasteiger partial charge in [0.25, 0.3) is 0 Å². The molecule has 0 spiro atoms. The molecule has 0 saturated carbocycles. The third kappa shape index (κ3) is 4.11. The van der Waals surface area contributed by atoms with Crippen LogP contribution in [-0.4, -0.2) is 26.9 Å². The summed E-state index contributed by atoms with van der Waals surface area (Å²) in [5, 5.41) is 4.33. The van der Waals surface area contributed by atoms with Crippen LogP contribution in [0.1, 0.15) is 37.8 Å². The lowest BCUT2D eigenvalue weighted by Gasteiger charge is -2.28. The molecule has 1 unspecified atom stereocenters. The average Bonchev–Trinajstić information content (AvgIpc) is 2.48. The Balaban J connectivity index is 2.16. The third-order valence-electron chi connectivity index (χ3n) is 3.93. The quantitative estimate of drug-likeness (QED) is 0.866. The van der Waals surface area contributed by atoms with Gasteiger partial charge in [-0.1, -0.05) is 18.5 Å². The lowest BCUT2D eigenvalue weighted by Crippen LogP contribution is -2.26. The summed E-state index contributed by atoms with van der Waals surface area (Å²) in [6.45, 7) is 4.84. The largest absolute Gasteiger partial charge is 0.496 e. The van der Waals surface area contributed by atoms with Crippen molar-refractivity contribution in [2.45, 2.75) is 32.2 Å². The number of hydrogen-bond acceptors (Lipinski definition) is 3. The molecule has 0 aliphatic carbocycles. The molecule has 1 atom stereocenters. The summed E-state index contributed by atoms with van der Waals surface area (Å²) >= 11 is 6.16. The third-order valence-corrected chi connectivity index (χ3v) is 4.16. The van der Waals surface area contributed by atoms with Crippen molar-refractivity contribution >= 4 is 11.6 Å². The van der Waals surface area contributed by atoms with Crippen LogP contribution >= 0.6 is 11.6 Å². The molecule has 0 bridgehead atoms. The van der Waals surface area contributed by atoms with E-state index in [-0.39, 0.29) is 6.04 Å². The highest BCUT2D eigenvalue weighted by Crippen LogP contribution is 2.34. The maximum atomic E-state index is 6.16. The van der Waals surface area contributed by atoms with E-state index in [1.807, 2.05) is 18.2 Å². The van der Waals surface area contributed by atoms with Gasteiger partial charge in [-0.05, 0) is 49.9 Å². The summed E-state index contributed by atoms with van der Waals surface area (Å²) in [7, 11) is 1.71. The first-order valence-electron chi connectivity index (χ1n) is 7.39. The highest BCUT2D eigenvalue weighted by Gasteiger charge is 2.22. The van der Waals surface area contributed by atoms with Gasteiger partial charge < -0.3 is 14.8 Å². The number of benzene rings is 1. The molecule has 0 aromatic heterocycles. The molecule has 1 heterocycles. The van der Waals surface area contributed by atoms with Gasteiger partial charge in [-0.2, -0.15) is 0 Å². The van der Waals surface area contributed by atoms with Crippen LogP contribution in [0.25, 0.3) is 0 Å². The predicted octanol–water partition coefficient (Wildman–Crippen LogP) is 3.82.